The van der Waals surface area contributed by atoms with Gasteiger partial charge in [0.15, 0.2) is 0 Å². The molecule has 0 heterocycles. The number of nitrogen functional groups attached to an aromatic ring is 1. The van der Waals surface area contributed by atoms with E-state index in [9.17, 15) is 8.42 Å². The number of anilines is 2. The molecule has 0 unspecified atom stereocenters. The van der Waals surface area contributed by atoms with Crippen LogP contribution in [0.2, 0.25) is 0 Å². The highest BCUT2D eigenvalue weighted by atomic mass is 32.2. The van der Waals surface area contributed by atoms with Gasteiger partial charge in [0.1, 0.15) is 0 Å². The molecule has 0 aliphatic carbocycles. The third kappa shape index (κ3) is 4.93. The highest BCUT2D eigenvalue weighted by Crippen LogP contribution is 2.17. The average molecular weight is 271 g/mol. The van der Waals surface area contributed by atoms with Crippen molar-refractivity contribution in [2.75, 3.05) is 23.9 Å². The Morgan fingerprint density at radius 2 is 1.94 bits per heavy atom. The van der Waals surface area contributed by atoms with Crippen molar-refractivity contribution in [2.24, 2.45) is 0 Å². The van der Waals surface area contributed by atoms with Gasteiger partial charge in [0, 0.05) is 23.5 Å². The van der Waals surface area contributed by atoms with Gasteiger partial charge in [-0.2, -0.15) is 0 Å². The molecule has 6 heteroatoms. The molecular formula is C12H21N3O2S. The Balaban J connectivity index is 2.67. The molecule has 1 aromatic carbocycles. The molecule has 0 saturated carbocycles. The Morgan fingerprint density at radius 3 is 2.44 bits per heavy atom. The first-order valence-electron chi connectivity index (χ1n) is 5.68. The van der Waals surface area contributed by atoms with Crippen LogP contribution in [-0.4, -0.2) is 26.8 Å². The summed E-state index contributed by atoms with van der Waals surface area (Å²) < 4.78 is 25.0. The van der Waals surface area contributed by atoms with Crippen LogP contribution in [0.3, 0.4) is 0 Å². The predicted octanol–water partition coefficient (Wildman–Crippen LogP) is 1.32. The zero-order valence-corrected chi connectivity index (χ0v) is 12.1. The van der Waals surface area contributed by atoms with E-state index in [4.69, 9.17) is 5.73 Å². The largest absolute Gasteiger partial charge is 0.398 e. The summed E-state index contributed by atoms with van der Waals surface area (Å²) in [6, 6.07) is 5.68. The van der Waals surface area contributed by atoms with Crippen molar-refractivity contribution in [1.29, 1.82) is 0 Å². The maximum Gasteiger partial charge on any atom is 0.209 e. The van der Waals surface area contributed by atoms with Gasteiger partial charge in [0.05, 0.1) is 6.26 Å². The number of hydrogen-bond donors (Lipinski definition) is 3. The maximum atomic E-state index is 11.2. The summed E-state index contributed by atoms with van der Waals surface area (Å²) in [4.78, 5) is 0. The van der Waals surface area contributed by atoms with Crippen molar-refractivity contribution in [2.45, 2.75) is 26.3 Å². The van der Waals surface area contributed by atoms with Crippen LogP contribution >= 0.6 is 0 Å². The van der Waals surface area contributed by atoms with Crippen LogP contribution in [0.25, 0.3) is 0 Å². The van der Waals surface area contributed by atoms with E-state index in [1.807, 2.05) is 39.0 Å². The van der Waals surface area contributed by atoms with Gasteiger partial charge in [0.2, 0.25) is 10.0 Å². The Bertz CT molecular complexity index is 524. The van der Waals surface area contributed by atoms with Crippen LogP contribution in [0.5, 0.6) is 0 Å². The fourth-order valence-corrected chi connectivity index (χ4v) is 2.69. The molecule has 1 rings (SSSR count). The van der Waals surface area contributed by atoms with E-state index >= 15 is 0 Å². The molecule has 0 radical (unpaired) electrons. The van der Waals surface area contributed by atoms with Crippen LogP contribution in [0, 0.1) is 6.92 Å². The van der Waals surface area contributed by atoms with Crippen molar-refractivity contribution < 1.29 is 8.42 Å². The summed E-state index contributed by atoms with van der Waals surface area (Å²) in [6.45, 7) is 6.05. The van der Waals surface area contributed by atoms with Crippen LogP contribution in [-0.2, 0) is 10.0 Å². The fourth-order valence-electron chi connectivity index (χ4n) is 1.61. The van der Waals surface area contributed by atoms with Crippen molar-refractivity contribution in [3.8, 4) is 0 Å². The van der Waals surface area contributed by atoms with E-state index in [2.05, 4.69) is 10.0 Å². The van der Waals surface area contributed by atoms with E-state index < -0.39 is 15.6 Å². The fraction of sp³-hybridized carbons (Fsp3) is 0.500. The zero-order chi connectivity index (χ0) is 14.0. The molecule has 0 spiro atoms. The summed E-state index contributed by atoms with van der Waals surface area (Å²) in [7, 11) is -3.22. The molecule has 0 aromatic heterocycles. The van der Waals surface area contributed by atoms with Gasteiger partial charge >= 0.3 is 0 Å². The average Bonchev–Trinajstić information content (AvgIpc) is 2.16. The van der Waals surface area contributed by atoms with E-state index in [0.29, 0.717) is 12.2 Å². The minimum Gasteiger partial charge on any atom is -0.398 e. The molecule has 0 atom stereocenters. The van der Waals surface area contributed by atoms with Crippen molar-refractivity contribution in [3.63, 3.8) is 0 Å². The quantitative estimate of drug-likeness (QED) is 0.705. The molecule has 0 bridgehead atoms. The topological polar surface area (TPSA) is 84.2 Å². The summed E-state index contributed by atoms with van der Waals surface area (Å²) in [5.74, 6) is 0. The van der Waals surface area contributed by atoms with Crippen LogP contribution in [0.15, 0.2) is 18.2 Å². The van der Waals surface area contributed by atoms with E-state index in [-0.39, 0.29) is 0 Å². The lowest BCUT2D eigenvalue weighted by molar-refractivity contribution is 0.476. The molecule has 0 aliphatic heterocycles. The molecular weight excluding hydrogens is 250 g/mol. The summed E-state index contributed by atoms with van der Waals surface area (Å²) in [5, 5.41) is 3.17. The summed E-state index contributed by atoms with van der Waals surface area (Å²) in [5.41, 5.74) is 7.86. The highest BCUT2D eigenvalue weighted by molar-refractivity contribution is 7.88. The number of rotatable bonds is 5. The van der Waals surface area contributed by atoms with Gasteiger partial charge in [-0.3, -0.25) is 0 Å². The number of aryl methyl sites for hydroxylation is 1. The number of benzene rings is 1. The van der Waals surface area contributed by atoms with Gasteiger partial charge in [-0.05, 0) is 38.5 Å². The lowest BCUT2D eigenvalue weighted by atomic mass is 10.1. The summed E-state index contributed by atoms with van der Waals surface area (Å²) in [6.07, 6.45) is 1.15. The number of nitrogens with one attached hydrogen (secondary N) is 2. The van der Waals surface area contributed by atoms with Crippen LogP contribution in [0.4, 0.5) is 11.4 Å². The van der Waals surface area contributed by atoms with Crippen LogP contribution in [0.1, 0.15) is 19.4 Å². The van der Waals surface area contributed by atoms with Gasteiger partial charge in [-0.25, -0.2) is 13.1 Å². The first kappa shape index (κ1) is 14.8. The van der Waals surface area contributed by atoms with Gasteiger partial charge < -0.3 is 11.1 Å². The third-order valence-corrected chi connectivity index (χ3v) is 3.40. The monoisotopic (exact) mass is 271 g/mol. The lowest BCUT2D eigenvalue weighted by Crippen LogP contribution is -2.47. The molecule has 18 heavy (non-hydrogen) atoms. The first-order chi connectivity index (χ1) is 8.09. The summed E-state index contributed by atoms with van der Waals surface area (Å²) >= 11 is 0. The number of hydrogen-bond acceptors (Lipinski definition) is 4. The molecule has 1 aromatic rings. The molecule has 0 aliphatic rings. The second-order valence-corrected chi connectivity index (χ2v) is 6.93. The zero-order valence-electron chi connectivity index (χ0n) is 11.2. The standard InChI is InChI=1S/C12H21N3O2S/c1-9-5-6-10(7-11(9)13)14-8-12(2,3)15-18(4,16)17/h5-7,14-15H,8,13H2,1-4H3. The SMILES string of the molecule is Cc1ccc(NCC(C)(C)NS(C)(=O)=O)cc1N. The van der Waals surface area contributed by atoms with Gasteiger partial charge in [-0.1, -0.05) is 6.07 Å². The van der Waals surface area contributed by atoms with Crippen molar-refractivity contribution in [3.05, 3.63) is 23.8 Å². The molecule has 5 nitrogen and oxygen atoms in total. The maximum absolute atomic E-state index is 11.2. The number of nitrogens with two attached hydrogens (primary N) is 1. The molecule has 102 valence electrons. The Kier molecular flexibility index (Phi) is 4.24. The molecule has 0 amide bonds. The normalized spacial score (nSPS) is 12.4. The highest BCUT2D eigenvalue weighted by Gasteiger charge is 2.21. The van der Waals surface area contributed by atoms with Gasteiger partial charge in [0.25, 0.3) is 0 Å². The van der Waals surface area contributed by atoms with E-state index in [1.165, 1.54) is 0 Å². The van der Waals surface area contributed by atoms with Crippen molar-refractivity contribution in [1.82, 2.24) is 4.72 Å². The van der Waals surface area contributed by atoms with Gasteiger partial charge in [-0.15, -0.1) is 0 Å². The Labute approximate surface area is 109 Å². The molecule has 0 saturated heterocycles. The van der Waals surface area contributed by atoms with Crippen molar-refractivity contribution >= 4 is 21.4 Å². The molecule has 4 N–H and O–H groups in total. The van der Waals surface area contributed by atoms with E-state index in [1.54, 1.807) is 0 Å². The minimum atomic E-state index is -3.22. The second kappa shape index (κ2) is 5.16. The Hall–Kier alpha value is -1.27. The minimum absolute atomic E-state index is 0.475. The number of sulfonamides is 1. The Morgan fingerprint density at radius 1 is 1.33 bits per heavy atom. The molecule has 0 fully saturated rings. The lowest BCUT2D eigenvalue weighted by Gasteiger charge is -2.26. The van der Waals surface area contributed by atoms with Crippen LogP contribution < -0.4 is 15.8 Å². The second-order valence-electron chi connectivity index (χ2n) is 5.18. The van der Waals surface area contributed by atoms with E-state index in [0.717, 1.165) is 17.5 Å². The third-order valence-electron chi connectivity index (χ3n) is 2.48. The predicted molar refractivity (Wildman–Crippen MR) is 76.1 cm³/mol. The first-order valence-corrected chi connectivity index (χ1v) is 7.57. The smallest absolute Gasteiger partial charge is 0.209 e.